The largest absolute Gasteiger partial charge is 0.324 e. The number of hydrogen-bond acceptors (Lipinski definition) is 2. The average molecular weight is 409 g/mol. The Bertz CT molecular complexity index is 833. The highest BCUT2D eigenvalue weighted by Gasteiger charge is 2.37. The molecule has 0 atom stereocenters. The van der Waals surface area contributed by atoms with E-state index >= 15 is 0 Å². The molecule has 0 bridgehead atoms. The maximum absolute atomic E-state index is 12.6. The molecule has 7 heteroatoms. The van der Waals surface area contributed by atoms with Crippen LogP contribution in [0.15, 0.2) is 42.5 Å². The summed E-state index contributed by atoms with van der Waals surface area (Å²) >= 11 is 18.1. The molecule has 0 saturated carbocycles. The third-order valence-electron chi connectivity index (χ3n) is 4.68. The predicted molar refractivity (Wildman–Crippen MR) is 105 cm³/mol. The summed E-state index contributed by atoms with van der Waals surface area (Å²) in [4.78, 5) is 14.2. The lowest BCUT2D eigenvalue weighted by atomic mass is 9.74. The molecule has 26 heavy (non-hydrogen) atoms. The number of rotatable bonds is 2. The van der Waals surface area contributed by atoms with Crippen LogP contribution in [0, 0.1) is 11.3 Å². The van der Waals surface area contributed by atoms with Crippen molar-refractivity contribution < 1.29 is 4.79 Å². The van der Waals surface area contributed by atoms with E-state index < -0.39 is 5.41 Å². The van der Waals surface area contributed by atoms with E-state index in [2.05, 4.69) is 11.4 Å². The van der Waals surface area contributed by atoms with Crippen molar-refractivity contribution >= 4 is 46.5 Å². The molecule has 2 aromatic carbocycles. The molecule has 4 nitrogen and oxygen atoms in total. The minimum absolute atomic E-state index is 0.281. The van der Waals surface area contributed by atoms with E-state index in [9.17, 15) is 10.1 Å². The van der Waals surface area contributed by atoms with Gasteiger partial charge in [0.1, 0.15) is 0 Å². The zero-order chi connectivity index (χ0) is 18.7. The van der Waals surface area contributed by atoms with Crippen LogP contribution in [0.3, 0.4) is 0 Å². The van der Waals surface area contributed by atoms with Crippen LogP contribution in [-0.2, 0) is 5.41 Å². The lowest BCUT2D eigenvalue weighted by Gasteiger charge is -2.37. The number of piperidine rings is 1. The van der Waals surface area contributed by atoms with Gasteiger partial charge in [-0.15, -0.1) is 0 Å². The summed E-state index contributed by atoms with van der Waals surface area (Å²) in [7, 11) is 0. The molecule has 1 N–H and O–H groups in total. The smallest absolute Gasteiger partial charge is 0.321 e. The lowest BCUT2D eigenvalue weighted by molar-refractivity contribution is 0.183. The van der Waals surface area contributed by atoms with Crippen molar-refractivity contribution in [3.05, 3.63) is 63.1 Å². The number of nitriles is 1. The molecule has 0 radical (unpaired) electrons. The number of amides is 2. The van der Waals surface area contributed by atoms with Crippen molar-refractivity contribution in [3.8, 4) is 6.07 Å². The number of nitrogens with zero attached hydrogens (tertiary/aromatic N) is 2. The first-order valence-corrected chi connectivity index (χ1v) is 9.26. The molecular weight excluding hydrogens is 393 g/mol. The van der Waals surface area contributed by atoms with Gasteiger partial charge in [0, 0.05) is 18.1 Å². The van der Waals surface area contributed by atoms with Crippen LogP contribution in [0.2, 0.25) is 15.1 Å². The number of nitrogens with one attached hydrogen (secondary N) is 1. The maximum Gasteiger partial charge on any atom is 0.321 e. The van der Waals surface area contributed by atoms with Crippen LogP contribution in [0.4, 0.5) is 10.5 Å². The van der Waals surface area contributed by atoms with Gasteiger partial charge in [0.2, 0.25) is 0 Å². The highest BCUT2D eigenvalue weighted by Crippen LogP contribution is 2.36. The molecule has 2 amide bonds. The SMILES string of the molecule is N#CC1(c2ccccc2)CCN(C(=O)Nc2c(Cl)cc(Cl)cc2Cl)CC1. The van der Waals surface area contributed by atoms with E-state index in [0.29, 0.717) is 36.6 Å². The van der Waals surface area contributed by atoms with E-state index in [-0.39, 0.29) is 16.1 Å². The molecule has 1 aliphatic heterocycles. The van der Waals surface area contributed by atoms with Gasteiger partial charge in [0.05, 0.1) is 27.2 Å². The minimum atomic E-state index is -0.562. The fourth-order valence-corrected chi connectivity index (χ4v) is 4.07. The molecule has 0 unspecified atom stereocenters. The molecule has 0 aliphatic carbocycles. The molecule has 1 heterocycles. The number of carbonyl (C=O) groups is 1. The van der Waals surface area contributed by atoms with Gasteiger partial charge in [-0.1, -0.05) is 65.1 Å². The van der Waals surface area contributed by atoms with E-state index in [0.717, 1.165) is 5.56 Å². The molecule has 1 fully saturated rings. The quantitative estimate of drug-likeness (QED) is 0.689. The van der Waals surface area contributed by atoms with Gasteiger partial charge in [-0.25, -0.2) is 4.79 Å². The number of anilines is 1. The number of benzene rings is 2. The maximum atomic E-state index is 12.6. The number of urea groups is 1. The Hall–Kier alpha value is -1.93. The second kappa shape index (κ2) is 7.75. The Morgan fingerprint density at radius 1 is 1.08 bits per heavy atom. The first-order chi connectivity index (χ1) is 12.4. The fraction of sp³-hybridized carbons (Fsp3) is 0.263. The number of halogens is 3. The Balaban J connectivity index is 1.70. The Kier molecular flexibility index (Phi) is 5.62. The van der Waals surface area contributed by atoms with Crippen LogP contribution in [0.1, 0.15) is 18.4 Å². The highest BCUT2D eigenvalue weighted by molar-refractivity contribution is 6.42. The molecule has 0 spiro atoms. The first-order valence-electron chi connectivity index (χ1n) is 8.12. The first kappa shape index (κ1) is 18.8. The van der Waals surface area contributed by atoms with E-state index in [4.69, 9.17) is 34.8 Å². The molecule has 3 rings (SSSR count). The number of likely N-dealkylation sites (tertiary alicyclic amines) is 1. The third-order valence-corrected chi connectivity index (χ3v) is 5.50. The van der Waals surface area contributed by atoms with Crippen LogP contribution in [0.5, 0.6) is 0 Å². The van der Waals surface area contributed by atoms with Crippen molar-refractivity contribution in [2.75, 3.05) is 18.4 Å². The summed E-state index contributed by atoms with van der Waals surface area (Å²) in [5.41, 5.74) is 0.766. The van der Waals surface area contributed by atoms with Crippen LogP contribution in [0.25, 0.3) is 0 Å². The molecule has 2 aromatic rings. The summed E-state index contributed by atoms with van der Waals surface area (Å²) in [5.74, 6) is 0. The number of carbonyl (C=O) groups excluding carboxylic acids is 1. The van der Waals surface area contributed by atoms with Crippen LogP contribution < -0.4 is 5.32 Å². The average Bonchev–Trinajstić information content (AvgIpc) is 2.65. The van der Waals surface area contributed by atoms with E-state index in [1.807, 2.05) is 30.3 Å². The van der Waals surface area contributed by atoms with Gasteiger partial charge in [-0.3, -0.25) is 0 Å². The van der Waals surface area contributed by atoms with Gasteiger partial charge in [0.25, 0.3) is 0 Å². The Morgan fingerprint density at radius 3 is 2.19 bits per heavy atom. The Labute approximate surface area is 167 Å². The van der Waals surface area contributed by atoms with Gasteiger partial charge < -0.3 is 10.2 Å². The lowest BCUT2D eigenvalue weighted by Crippen LogP contribution is -2.46. The van der Waals surface area contributed by atoms with Gasteiger partial charge in [-0.2, -0.15) is 5.26 Å². The van der Waals surface area contributed by atoms with Gasteiger partial charge >= 0.3 is 6.03 Å². The minimum Gasteiger partial charge on any atom is -0.324 e. The second-order valence-electron chi connectivity index (χ2n) is 6.22. The standard InChI is InChI=1S/C19H16Cl3N3O/c20-14-10-15(21)17(16(22)11-14)24-18(26)25-8-6-19(12-23,7-9-25)13-4-2-1-3-5-13/h1-5,10-11H,6-9H2,(H,24,26). The monoisotopic (exact) mass is 407 g/mol. The van der Waals surface area contributed by atoms with Gasteiger partial charge in [0.15, 0.2) is 0 Å². The van der Waals surface area contributed by atoms with Crippen molar-refractivity contribution in [1.82, 2.24) is 4.90 Å². The summed E-state index contributed by atoms with van der Waals surface area (Å²) in [6, 6.07) is 14.9. The van der Waals surface area contributed by atoms with Crippen molar-refractivity contribution in [2.24, 2.45) is 0 Å². The number of hydrogen-bond donors (Lipinski definition) is 1. The fourth-order valence-electron chi connectivity index (χ4n) is 3.16. The summed E-state index contributed by atoms with van der Waals surface area (Å²) < 4.78 is 0. The topological polar surface area (TPSA) is 56.1 Å². The van der Waals surface area contributed by atoms with Crippen molar-refractivity contribution in [1.29, 1.82) is 5.26 Å². The predicted octanol–water partition coefficient (Wildman–Crippen LogP) is 5.74. The van der Waals surface area contributed by atoms with E-state index in [1.54, 1.807) is 4.90 Å². The zero-order valence-corrected chi connectivity index (χ0v) is 16.1. The van der Waals surface area contributed by atoms with Crippen molar-refractivity contribution in [2.45, 2.75) is 18.3 Å². The molecule has 1 aliphatic rings. The van der Waals surface area contributed by atoms with Crippen LogP contribution >= 0.6 is 34.8 Å². The van der Waals surface area contributed by atoms with Crippen molar-refractivity contribution in [3.63, 3.8) is 0 Å². The molecular formula is C19H16Cl3N3O. The highest BCUT2D eigenvalue weighted by atomic mass is 35.5. The van der Waals surface area contributed by atoms with Crippen LogP contribution in [-0.4, -0.2) is 24.0 Å². The molecule has 134 valence electrons. The normalized spacial score (nSPS) is 16.0. The molecule has 0 aromatic heterocycles. The van der Waals surface area contributed by atoms with Gasteiger partial charge in [-0.05, 0) is 30.5 Å². The summed E-state index contributed by atoms with van der Waals surface area (Å²) in [6.07, 6.45) is 1.14. The Morgan fingerprint density at radius 2 is 1.65 bits per heavy atom. The summed E-state index contributed by atoms with van der Waals surface area (Å²) in [5, 5.41) is 13.4. The zero-order valence-electron chi connectivity index (χ0n) is 13.8. The third kappa shape index (κ3) is 3.76. The second-order valence-corrected chi connectivity index (χ2v) is 7.47. The molecule has 1 saturated heterocycles. The van der Waals surface area contributed by atoms with E-state index in [1.165, 1.54) is 12.1 Å². The summed E-state index contributed by atoms with van der Waals surface area (Å²) in [6.45, 7) is 0.939.